The Labute approximate surface area is 245 Å². The summed E-state index contributed by atoms with van der Waals surface area (Å²) in [7, 11) is 0. The number of nitrogens with one attached hydrogen (secondary N) is 1. The van der Waals surface area contributed by atoms with E-state index in [4.69, 9.17) is 14.6 Å². The van der Waals surface area contributed by atoms with Crippen LogP contribution in [0.2, 0.25) is 0 Å². The number of amides is 2. The molecule has 10 nitrogen and oxygen atoms in total. The first-order valence-electron chi connectivity index (χ1n) is 14.1. The first-order chi connectivity index (χ1) is 20.2. The van der Waals surface area contributed by atoms with E-state index in [-0.39, 0.29) is 35.2 Å². The largest absolute Gasteiger partial charge is 0.490 e. The lowest BCUT2D eigenvalue weighted by Crippen LogP contribution is -2.56. The predicted molar refractivity (Wildman–Crippen MR) is 145 cm³/mol. The molecule has 2 amide bonds. The maximum absolute atomic E-state index is 14.7. The molecule has 1 saturated carbocycles. The van der Waals surface area contributed by atoms with Crippen molar-refractivity contribution in [3.8, 4) is 0 Å². The SMILES string of the molecule is Cc1c(Cc2ccc(F)c(C(=O)N3CCN(C4COC5(CCCCC5)C4)C(=O)C3)c2)n[nH]c(=O)c1C.O=C(O)C(F)(F)F. The summed E-state index contributed by atoms with van der Waals surface area (Å²) in [6.07, 6.45) is 1.82. The van der Waals surface area contributed by atoms with Crippen LogP contribution in [-0.2, 0) is 20.7 Å². The van der Waals surface area contributed by atoms with Crippen LogP contribution < -0.4 is 5.56 Å². The van der Waals surface area contributed by atoms with Crippen LogP contribution in [0.4, 0.5) is 17.6 Å². The van der Waals surface area contributed by atoms with E-state index in [9.17, 15) is 31.9 Å². The number of hydrogen-bond acceptors (Lipinski definition) is 6. The average Bonchev–Trinajstić information content (AvgIpc) is 3.36. The molecule has 1 atom stereocenters. The summed E-state index contributed by atoms with van der Waals surface area (Å²) in [4.78, 5) is 50.2. The molecule has 3 fully saturated rings. The number of aromatic nitrogens is 2. The van der Waals surface area contributed by atoms with Crippen LogP contribution >= 0.6 is 0 Å². The number of nitrogens with zero attached hydrogens (tertiary/aromatic N) is 3. The zero-order valence-corrected chi connectivity index (χ0v) is 23.9. The number of aromatic amines is 1. The maximum Gasteiger partial charge on any atom is 0.490 e. The molecule has 2 aromatic rings. The zero-order chi connectivity index (χ0) is 31.5. The molecule has 2 saturated heterocycles. The number of alkyl halides is 3. The predicted octanol–water partition coefficient (Wildman–Crippen LogP) is 3.53. The van der Waals surface area contributed by atoms with Gasteiger partial charge in [0.15, 0.2) is 0 Å². The van der Waals surface area contributed by atoms with Crippen LogP contribution in [0.1, 0.15) is 71.3 Å². The molecule has 2 N–H and O–H groups in total. The Kier molecular flexibility index (Phi) is 9.57. The van der Waals surface area contributed by atoms with E-state index in [1.807, 2.05) is 11.8 Å². The summed E-state index contributed by atoms with van der Waals surface area (Å²) in [6.45, 7) is 4.81. The van der Waals surface area contributed by atoms with E-state index in [0.717, 1.165) is 24.8 Å². The van der Waals surface area contributed by atoms with Gasteiger partial charge in [-0.2, -0.15) is 18.3 Å². The van der Waals surface area contributed by atoms with Crippen molar-refractivity contribution in [2.75, 3.05) is 26.2 Å². The topological polar surface area (TPSA) is 133 Å². The van der Waals surface area contributed by atoms with E-state index in [1.165, 1.54) is 36.3 Å². The van der Waals surface area contributed by atoms with E-state index in [0.29, 0.717) is 42.9 Å². The van der Waals surface area contributed by atoms with E-state index in [2.05, 4.69) is 10.2 Å². The Morgan fingerprint density at radius 2 is 1.79 bits per heavy atom. The second-order valence-electron chi connectivity index (χ2n) is 11.3. The van der Waals surface area contributed by atoms with Gasteiger partial charge in [-0.1, -0.05) is 25.3 Å². The first kappa shape index (κ1) is 32.1. The van der Waals surface area contributed by atoms with Gasteiger partial charge in [0.2, 0.25) is 5.91 Å². The number of carbonyl (C=O) groups is 3. The van der Waals surface area contributed by atoms with Crippen molar-refractivity contribution in [2.45, 2.75) is 76.6 Å². The van der Waals surface area contributed by atoms with Crippen LogP contribution in [-0.4, -0.2) is 86.9 Å². The Balaban J connectivity index is 0.000000541. The summed E-state index contributed by atoms with van der Waals surface area (Å²) in [5.74, 6) is -3.98. The molecule has 1 aromatic carbocycles. The standard InChI is InChI=1S/C27H33FN4O4.C2HF3O2/c1-17-18(2)25(34)30-29-23(17)13-19-6-7-22(28)21(12-19)26(35)31-10-11-32(24(33)15-31)20-14-27(36-16-20)8-4-3-5-9-27;3-2(4,5)1(6)7/h6-7,12,20H,3-5,8-11,13-16H2,1-2H3,(H,30,34);(H,6,7). The summed E-state index contributed by atoms with van der Waals surface area (Å²) in [5.41, 5.74) is 2.33. The summed E-state index contributed by atoms with van der Waals surface area (Å²) < 4.78 is 52.6. The second kappa shape index (κ2) is 12.8. The summed E-state index contributed by atoms with van der Waals surface area (Å²) >= 11 is 0. The number of carbonyl (C=O) groups excluding carboxylic acids is 2. The van der Waals surface area contributed by atoms with Crippen molar-refractivity contribution in [1.29, 1.82) is 0 Å². The smallest absolute Gasteiger partial charge is 0.475 e. The van der Waals surface area contributed by atoms with Crippen molar-refractivity contribution in [2.24, 2.45) is 0 Å². The van der Waals surface area contributed by atoms with Gasteiger partial charge in [-0.3, -0.25) is 14.4 Å². The number of carboxylic acids is 1. The molecule has 43 heavy (non-hydrogen) atoms. The molecule has 1 aliphatic carbocycles. The highest BCUT2D eigenvalue weighted by Crippen LogP contribution is 2.41. The Hall–Kier alpha value is -3.81. The van der Waals surface area contributed by atoms with Crippen molar-refractivity contribution in [3.05, 3.63) is 62.3 Å². The molecule has 3 aliphatic rings. The van der Waals surface area contributed by atoms with Crippen LogP contribution in [0.15, 0.2) is 23.0 Å². The lowest BCUT2D eigenvalue weighted by molar-refractivity contribution is -0.192. The minimum absolute atomic E-state index is 0.0458. The van der Waals surface area contributed by atoms with E-state index >= 15 is 0 Å². The molecule has 0 radical (unpaired) electrons. The molecule has 1 spiro atoms. The number of piperazine rings is 1. The normalized spacial score (nSPS) is 20.1. The number of carboxylic acid groups (broad SMARTS) is 1. The third kappa shape index (κ3) is 7.40. The minimum Gasteiger partial charge on any atom is -0.475 e. The van der Waals surface area contributed by atoms with Crippen LogP contribution in [0.3, 0.4) is 0 Å². The Morgan fingerprint density at radius 3 is 2.42 bits per heavy atom. The minimum atomic E-state index is -5.08. The van der Waals surface area contributed by atoms with Crippen molar-refractivity contribution in [3.63, 3.8) is 0 Å². The number of benzene rings is 1. The van der Waals surface area contributed by atoms with Crippen molar-refractivity contribution < 1.29 is 41.8 Å². The maximum atomic E-state index is 14.7. The third-order valence-corrected chi connectivity index (χ3v) is 8.44. The fourth-order valence-corrected chi connectivity index (χ4v) is 5.87. The van der Waals surface area contributed by atoms with Gasteiger partial charge in [-0.05, 0) is 56.4 Å². The third-order valence-electron chi connectivity index (χ3n) is 8.44. The number of rotatable bonds is 4. The average molecular weight is 611 g/mol. The first-order valence-corrected chi connectivity index (χ1v) is 14.1. The van der Waals surface area contributed by atoms with E-state index < -0.39 is 23.9 Å². The molecule has 0 bridgehead atoms. The van der Waals surface area contributed by atoms with Gasteiger partial charge in [-0.25, -0.2) is 14.3 Å². The van der Waals surface area contributed by atoms with Crippen molar-refractivity contribution in [1.82, 2.24) is 20.0 Å². The molecule has 14 heteroatoms. The highest BCUT2D eigenvalue weighted by molar-refractivity contribution is 5.97. The van der Waals surface area contributed by atoms with Gasteiger partial charge in [-0.15, -0.1) is 0 Å². The van der Waals surface area contributed by atoms with Gasteiger partial charge in [0.1, 0.15) is 12.4 Å². The fraction of sp³-hybridized carbons (Fsp3) is 0.552. The summed E-state index contributed by atoms with van der Waals surface area (Å²) in [5, 5.41) is 13.7. The molecule has 3 heterocycles. The van der Waals surface area contributed by atoms with Crippen LogP contribution in [0, 0.1) is 19.7 Å². The zero-order valence-electron chi connectivity index (χ0n) is 23.9. The number of halogens is 4. The highest BCUT2D eigenvalue weighted by Gasteiger charge is 2.45. The molecule has 1 unspecified atom stereocenters. The lowest BCUT2D eigenvalue weighted by Gasteiger charge is -2.38. The Morgan fingerprint density at radius 1 is 1.12 bits per heavy atom. The van der Waals surface area contributed by atoms with Gasteiger partial charge in [0, 0.05) is 25.1 Å². The molecule has 1 aromatic heterocycles. The Bertz CT molecular complexity index is 1440. The van der Waals surface area contributed by atoms with Gasteiger partial charge in [0.05, 0.1) is 29.5 Å². The summed E-state index contributed by atoms with van der Waals surface area (Å²) in [6, 6.07) is 4.45. The number of hydrogen-bond donors (Lipinski definition) is 2. The second-order valence-corrected chi connectivity index (χ2v) is 11.3. The number of ether oxygens (including phenoxy) is 1. The van der Waals surface area contributed by atoms with E-state index in [1.54, 1.807) is 13.0 Å². The molecule has 5 rings (SSSR count). The molecular weight excluding hydrogens is 576 g/mol. The molecule has 2 aliphatic heterocycles. The molecular formula is C29H34F4N4O6. The number of H-pyrrole nitrogens is 1. The van der Waals surface area contributed by atoms with Crippen molar-refractivity contribution >= 4 is 17.8 Å². The number of aliphatic carboxylic acids is 1. The lowest BCUT2D eigenvalue weighted by atomic mass is 9.82. The quantitative estimate of drug-likeness (QED) is 0.507. The molecule has 234 valence electrons. The van der Waals surface area contributed by atoms with Crippen LogP contribution in [0.5, 0.6) is 0 Å². The van der Waals surface area contributed by atoms with Gasteiger partial charge in [0.25, 0.3) is 11.5 Å². The highest BCUT2D eigenvalue weighted by atomic mass is 19.4. The van der Waals surface area contributed by atoms with Crippen LogP contribution in [0.25, 0.3) is 0 Å². The van der Waals surface area contributed by atoms with Gasteiger partial charge >= 0.3 is 12.1 Å². The fourth-order valence-electron chi connectivity index (χ4n) is 5.87. The van der Waals surface area contributed by atoms with Gasteiger partial charge < -0.3 is 19.6 Å². The monoisotopic (exact) mass is 610 g/mol.